The molecule has 1 N–H and O–H groups in total. The third-order valence-corrected chi connectivity index (χ3v) is 6.84. The standard InChI is InChI=1S/C21H24N6O3S/c28-31(29,13-4-8-17-6-2-1-3-7-17)27-11-12-30-19(16-27)18-14-22-15-20(25-18)26-21-23-9-5-10-24-21/h1-3,5-7,9-10,14-15,19H,4,8,11-13,16H2,(H,23,24,25,26)/t19-/m1/s1. The fourth-order valence-electron chi connectivity index (χ4n) is 3.36. The van der Waals surface area contributed by atoms with Crippen molar-refractivity contribution in [3.8, 4) is 0 Å². The Labute approximate surface area is 181 Å². The van der Waals surface area contributed by atoms with Gasteiger partial charge in [0.15, 0.2) is 5.82 Å². The van der Waals surface area contributed by atoms with Crippen LogP contribution in [-0.2, 0) is 21.2 Å². The fraction of sp³-hybridized carbons (Fsp3) is 0.333. The number of nitrogens with one attached hydrogen (secondary N) is 1. The first kappa shape index (κ1) is 21.3. The van der Waals surface area contributed by atoms with Gasteiger partial charge in [0.2, 0.25) is 16.0 Å². The maximum atomic E-state index is 12.9. The minimum absolute atomic E-state index is 0.104. The lowest BCUT2D eigenvalue weighted by Gasteiger charge is -2.31. The highest BCUT2D eigenvalue weighted by Gasteiger charge is 2.31. The molecule has 10 heteroatoms. The predicted octanol–water partition coefficient (Wildman–Crippen LogP) is 2.35. The average molecular weight is 441 g/mol. The molecule has 1 aromatic carbocycles. The Hall–Kier alpha value is -2.95. The van der Waals surface area contributed by atoms with Gasteiger partial charge in [-0.25, -0.2) is 23.4 Å². The van der Waals surface area contributed by atoms with Gasteiger partial charge in [-0.2, -0.15) is 4.31 Å². The van der Waals surface area contributed by atoms with Crippen LogP contribution in [0.25, 0.3) is 0 Å². The Morgan fingerprint density at radius 1 is 1.10 bits per heavy atom. The van der Waals surface area contributed by atoms with Gasteiger partial charge < -0.3 is 10.1 Å². The van der Waals surface area contributed by atoms with E-state index >= 15 is 0 Å². The lowest BCUT2D eigenvalue weighted by atomic mass is 10.1. The van der Waals surface area contributed by atoms with Crippen molar-refractivity contribution in [2.45, 2.75) is 18.9 Å². The second-order valence-electron chi connectivity index (χ2n) is 7.15. The quantitative estimate of drug-likeness (QED) is 0.568. The Kier molecular flexibility index (Phi) is 6.80. The van der Waals surface area contributed by atoms with Gasteiger partial charge in [0.05, 0.1) is 30.4 Å². The van der Waals surface area contributed by atoms with Crippen LogP contribution < -0.4 is 5.32 Å². The van der Waals surface area contributed by atoms with Crippen LogP contribution in [0.1, 0.15) is 23.8 Å². The highest BCUT2D eigenvalue weighted by Crippen LogP contribution is 2.24. The van der Waals surface area contributed by atoms with Gasteiger partial charge in [-0.1, -0.05) is 30.3 Å². The summed E-state index contributed by atoms with van der Waals surface area (Å²) in [6.45, 7) is 0.866. The number of morpholine rings is 1. The molecule has 1 aliphatic heterocycles. The van der Waals surface area contributed by atoms with Gasteiger partial charge in [0, 0.05) is 25.5 Å². The van der Waals surface area contributed by atoms with E-state index in [0.717, 1.165) is 12.0 Å². The molecule has 0 amide bonds. The molecule has 0 spiro atoms. The number of hydrogen-bond donors (Lipinski definition) is 1. The summed E-state index contributed by atoms with van der Waals surface area (Å²) in [5.74, 6) is 0.976. The maximum absolute atomic E-state index is 12.9. The molecule has 1 fully saturated rings. The molecule has 3 aromatic rings. The summed E-state index contributed by atoms with van der Waals surface area (Å²) >= 11 is 0. The van der Waals surface area contributed by atoms with Crippen molar-refractivity contribution in [1.82, 2.24) is 24.2 Å². The summed E-state index contributed by atoms with van der Waals surface area (Å²) in [7, 11) is -3.38. The normalized spacial score (nSPS) is 17.4. The third-order valence-electron chi connectivity index (χ3n) is 4.92. The third kappa shape index (κ3) is 5.81. The van der Waals surface area contributed by atoms with E-state index in [2.05, 4.69) is 25.3 Å². The van der Waals surface area contributed by atoms with Crippen LogP contribution >= 0.6 is 0 Å². The second-order valence-corrected chi connectivity index (χ2v) is 9.24. The zero-order chi connectivity index (χ0) is 21.5. The van der Waals surface area contributed by atoms with Crippen molar-refractivity contribution in [2.75, 3.05) is 30.8 Å². The topological polar surface area (TPSA) is 110 Å². The van der Waals surface area contributed by atoms with Crippen LogP contribution in [0.2, 0.25) is 0 Å². The van der Waals surface area contributed by atoms with E-state index in [9.17, 15) is 8.42 Å². The van der Waals surface area contributed by atoms with Crippen molar-refractivity contribution in [3.05, 3.63) is 72.4 Å². The van der Waals surface area contributed by atoms with E-state index in [1.54, 1.807) is 30.9 Å². The van der Waals surface area contributed by atoms with Crippen LogP contribution in [0.3, 0.4) is 0 Å². The first-order valence-electron chi connectivity index (χ1n) is 10.1. The lowest BCUT2D eigenvalue weighted by molar-refractivity contribution is -0.00505. The van der Waals surface area contributed by atoms with Crippen molar-refractivity contribution >= 4 is 21.8 Å². The Balaban J connectivity index is 1.38. The van der Waals surface area contributed by atoms with Gasteiger partial charge in [-0.3, -0.25) is 4.98 Å². The molecular formula is C21H24N6O3S. The largest absolute Gasteiger partial charge is 0.369 e. The molecule has 3 heterocycles. The minimum atomic E-state index is -3.38. The summed E-state index contributed by atoms with van der Waals surface area (Å²) in [6.07, 6.45) is 7.21. The van der Waals surface area contributed by atoms with Gasteiger partial charge in [0.25, 0.3) is 0 Å². The SMILES string of the molecule is O=S(=O)(CCCc1ccccc1)N1CCO[C@@H](c2cncc(Nc3ncccn3)n2)C1. The molecule has 9 nitrogen and oxygen atoms in total. The molecule has 1 aliphatic rings. The number of nitrogens with zero attached hydrogens (tertiary/aromatic N) is 5. The summed E-state index contributed by atoms with van der Waals surface area (Å²) in [4.78, 5) is 16.9. The molecular weight excluding hydrogens is 416 g/mol. The molecule has 31 heavy (non-hydrogen) atoms. The van der Waals surface area contributed by atoms with Crippen molar-refractivity contribution < 1.29 is 13.2 Å². The molecule has 0 unspecified atom stereocenters. The van der Waals surface area contributed by atoms with Gasteiger partial charge in [-0.05, 0) is 24.5 Å². The summed E-state index contributed by atoms with van der Waals surface area (Å²) < 4.78 is 33.0. The number of ether oxygens (including phenoxy) is 1. The van der Waals surface area contributed by atoms with Crippen molar-refractivity contribution in [1.29, 1.82) is 0 Å². The van der Waals surface area contributed by atoms with E-state index in [0.29, 0.717) is 37.0 Å². The van der Waals surface area contributed by atoms with Crippen LogP contribution in [-0.4, -0.2) is 58.1 Å². The van der Waals surface area contributed by atoms with Gasteiger partial charge in [-0.15, -0.1) is 0 Å². The molecule has 2 aromatic heterocycles. The summed E-state index contributed by atoms with van der Waals surface area (Å²) in [6, 6.07) is 11.6. The number of benzene rings is 1. The highest BCUT2D eigenvalue weighted by molar-refractivity contribution is 7.89. The Morgan fingerprint density at radius 3 is 2.71 bits per heavy atom. The smallest absolute Gasteiger partial charge is 0.228 e. The molecule has 0 aliphatic carbocycles. The van der Waals surface area contributed by atoms with Gasteiger partial charge in [0.1, 0.15) is 6.10 Å². The second kappa shape index (κ2) is 9.90. The number of rotatable bonds is 8. The van der Waals surface area contributed by atoms with Crippen LogP contribution in [0.5, 0.6) is 0 Å². The van der Waals surface area contributed by atoms with E-state index in [-0.39, 0.29) is 12.3 Å². The predicted molar refractivity (Wildman–Crippen MR) is 116 cm³/mol. The molecule has 1 saturated heterocycles. The first-order chi connectivity index (χ1) is 15.1. The van der Waals surface area contributed by atoms with E-state index in [1.165, 1.54) is 4.31 Å². The van der Waals surface area contributed by atoms with E-state index < -0.39 is 16.1 Å². The van der Waals surface area contributed by atoms with Crippen molar-refractivity contribution in [2.24, 2.45) is 0 Å². The zero-order valence-corrected chi connectivity index (χ0v) is 17.8. The first-order valence-corrected chi connectivity index (χ1v) is 11.7. The molecule has 0 bridgehead atoms. The number of hydrogen-bond acceptors (Lipinski definition) is 8. The van der Waals surface area contributed by atoms with Gasteiger partial charge >= 0.3 is 0 Å². The molecule has 162 valence electrons. The molecule has 4 rings (SSSR count). The Morgan fingerprint density at radius 2 is 1.90 bits per heavy atom. The number of anilines is 2. The lowest BCUT2D eigenvalue weighted by Crippen LogP contribution is -2.43. The van der Waals surface area contributed by atoms with E-state index in [4.69, 9.17) is 4.74 Å². The molecule has 0 radical (unpaired) electrons. The van der Waals surface area contributed by atoms with Crippen LogP contribution in [0.4, 0.5) is 11.8 Å². The summed E-state index contributed by atoms with van der Waals surface area (Å²) in [5.41, 5.74) is 1.70. The monoisotopic (exact) mass is 440 g/mol. The van der Waals surface area contributed by atoms with Crippen LogP contribution in [0.15, 0.2) is 61.2 Å². The van der Waals surface area contributed by atoms with Crippen molar-refractivity contribution in [3.63, 3.8) is 0 Å². The minimum Gasteiger partial charge on any atom is -0.369 e. The van der Waals surface area contributed by atoms with Crippen LogP contribution in [0, 0.1) is 0 Å². The highest BCUT2D eigenvalue weighted by atomic mass is 32.2. The molecule has 1 atom stereocenters. The zero-order valence-electron chi connectivity index (χ0n) is 17.0. The maximum Gasteiger partial charge on any atom is 0.228 e. The Bertz CT molecular complexity index is 1080. The number of aryl methyl sites for hydroxylation is 1. The number of aromatic nitrogens is 4. The summed E-state index contributed by atoms with van der Waals surface area (Å²) in [5, 5.41) is 2.99. The fourth-order valence-corrected chi connectivity index (χ4v) is 4.85. The van der Waals surface area contributed by atoms with E-state index in [1.807, 2.05) is 30.3 Å². The molecule has 0 saturated carbocycles. The average Bonchev–Trinajstić information content (AvgIpc) is 2.81. The number of sulfonamides is 1.